The van der Waals surface area contributed by atoms with Gasteiger partial charge in [0.1, 0.15) is 5.69 Å². The van der Waals surface area contributed by atoms with Gasteiger partial charge in [0.05, 0.1) is 15.6 Å². The number of carbonyl (C=O) groups is 2. The molecule has 0 saturated carbocycles. The monoisotopic (exact) mass is 574 g/mol. The topological polar surface area (TPSA) is 62.5 Å². The first-order valence-corrected chi connectivity index (χ1v) is 13.7. The molecule has 5 rings (SSSR count). The van der Waals surface area contributed by atoms with Crippen molar-refractivity contribution >= 4 is 57.7 Å². The first-order chi connectivity index (χ1) is 18.7. The summed E-state index contributed by atoms with van der Waals surface area (Å²) in [6.07, 6.45) is 0. The van der Waals surface area contributed by atoms with Crippen molar-refractivity contribution in [1.29, 1.82) is 0 Å². The second-order valence-corrected chi connectivity index (χ2v) is 11.2. The molecule has 0 bridgehead atoms. The number of fused-ring (bicyclic) bond motifs is 1. The number of aromatic carboxylic acids is 1. The maximum atomic E-state index is 12.4. The molecule has 5 nitrogen and oxygen atoms in total. The minimum absolute atomic E-state index is 0.0884. The Morgan fingerprint density at radius 3 is 2.23 bits per heavy atom. The molecule has 4 aromatic carbocycles. The Hall–Kier alpha value is -3.71. The second-order valence-electron chi connectivity index (χ2n) is 9.24. The number of carboxylic acids is 1. The molecule has 0 aliphatic rings. The summed E-state index contributed by atoms with van der Waals surface area (Å²) >= 11 is 14.0. The maximum Gasteiger partial charge on any atom is 0.352 e. The number of hydrogen-bond donors (Lipinski definition) is 1. The third-order valence-corrected chi connectivity index (χ3v) is 8.16. The number of halogens is 2. The lowest BCUT2D eigenvalue weighted by Gasteiger charge is -2.16. The lowest BCUT2D eigenvalue weighted by molar-refractivity contribution is 0.0685. The normalized spacial score (nSPS) is 11.1. The van der Waals surface area contributed by atoms with E-state index < -0.39 is 5.97 Å². The fraction of sp³-hybridized carbons (Fsp3) is 0.0968. The predicted molar refractivity (Wildman–Crippen MR) is 158 cm³/mol. The van der Waals surface area contributed by atoms with E-state index in [0.29, 0.717) is 22.2 Å². The molecule has 0 radical (unpaired) electrons. The molecule has 0 aliphatic carbocycles. The Bertz CT molecular complexity index is 1700. The van der Waals surface area contributed by atoms with Gasteiger partial charge < -0.3 is 14.6 Å². The zero-order valence-corrected chi connectivity index (χ0v) is 23.5. The van der Waals surface area contributed by atoms with E-state index in [9.17, 15) is 14.7 Å². The van der Waals surface area contributed by atoms with Crippen LogP contribution in [0, 0.1) is 0 Å². The van der Waals surface area contributed by atoms with Gasteiger partial charge in [0, 0.05) is 46.9 Å². The number of amides is 1. The molecule has 1 aromatic heterocycles. The summed E-state index contributed by atoms with van der Waals surface area (Å²) < 4.78 is 1.83. The van der Waals surface area contributed by atoms with Crippen molar-refractivity contribution in [3.8, 4) is 11.1 Å². The van der Waals surface area contributed by atoms with Crippen molar-refractivity contribution in [1.82, 2.24) is 9.47 Å². The highest BCUT2D eigenvalue weighted by atomic mass is 35.5. The number of rotatable bonds is 7. The highest BCUT2D eigenvalue weighted by molar-refractivity contribution is 7.99. The van der Waals surface area contributed by atoms with Crippen molar-refractivity contribution in [2.45, 2.75) is 16.3 Å². The van der Waals surface area contributed by atoms with Gasteiger partial charge in [-0.15, -0.1) is 0 Å². The number of benzene rings is 4. The third-order valence-electron chi connectivity index (χ3n) is 6.37. The Morgan fingerprint density at radius 2 is 1.59 bits per heavy atom. The molecular formula is C31H24Cl2N2O3S. The van der Waals surface area contributed by atoms with Gasteiger partial charge in [0.25, 0.3) is 5.91 Å². The third kappa shape index (κ3) is 5.55. The fourth-order valence-corrected chi connectivity index (χ4v) is 5.90. The van der Waals surface area contributed by atoms with Crippen LogP contribution in [0.3, 0.4) is 0 Å². The average Bonchev–Trinajstić information content (AvgIpc) is 3.29. The summed E-state index contributed by atoms with van der Waals surface area (Å²) in [6.45, 7) is 0.322. The minimum atomic E-state index is -1.01. The highest BCUT2D eigenvalue weighted by Crippen LogP contribution is 2.43. The summed E-state index contributed by atoms with van der Waals surface area (Å²) in [5.41, 5.74) is 4.35. The maximum absolute atomic E-state index is 12.4. The predicted octanol–water partition coefficient (Wildman–Crippen LogP) is 8.21. The molecule has 196 valence electrons. The molecule has 0 unspecified atom stereocenters. The van der Waals surface area contributed by atoms with Gasteiger partial charge >= 0.3 is 5.97 Å². The van der Waals surface area contributed by atoms with Crippen LogP contribution in [0.25, 0.3) is 22.0 Å². The van der Waals surface area contributed by atoms with E-state index in [-0.39, 0.29) is 11.6 Å². The van der Waals surface area contributed by atoms with Crippen LogP contribution in [0.2, 0.25) is 10.0 Å². The average molecular weight is 576 g/mol. The molecule has 0 spiro atoms. The molecule has 0 aliphatic heterocycles. The van der Waals surface area contributed by atoms with E-state index in [2.05, 4.69) is 0 Å². The van der Waals surface area contributed by atoms with Crippen LogP contribution in [0.1, 0.15) is 26.4 Å². The largest absolute Gasteiger partial charge is 0.477 e. The van der Waals surface area contributed by atoms with E-state index in [1.165, 1.54) is 4.90 Å². The lowest BCUT2D eigenvalue weighted by Crippen LogP contribution is -2.21. The Morgan fingerprint density at radius 1 is 0.872 bits per heavy atom. The van der Waals surface area contributed by atoms with Gasteiger partial charge in [-0.3, -0.25) is 4.79 Å². The van der Waals surface area contributed by atoms with E-state index in [0.717, 1.165) is 37.4 Å². The van der Waals surface area contributed by atoms with Crippen LogP contribution in [-0.2, 0) is 6.54 Å². The van der Waals surface area contributed by atoms with E-state index >= 15 is 0 Å². The lowest BCUT2D eigenvalue weighted by atomic mass is 10.0. The smallest absolute Gasteiger partial charge is 0.352 e. The number of nitrogens with zero attached hydrogens (tertiary/aromatic N) is 2. The van der Waals surface area contributed by atoms with Crippen molar-refractivity contribution < 1.29 is 14.7 Å². The van der Waals surface area contributed by atoms with Gasteiger partial charge in [-0.1, -0.05) is 83.5 Å². The summed E-state index contributed by atoms with van der Waals surface area (Å²) in [4.78, 5) is 28.1. The van der Waals surface area contributed by atoms with Crippen LogP contribution >= 0.6 is 35.0 Å². The number of carboxylic acid groups (broad SMARTS) is 1. The molecule has 1 heterocycles. The first-order valence-electron chi connectivity index (χ1n) is 12.1. The van der Waals surface area contributed by atoms with Crippen molar-refractivity contribution in [2.24, 2.45) is 0 Å². The van der Waals surface area contributed by atoms with Gasteiger partial charge in [0.15, 0.2) is 0 Å². The molecule has 8 heteroatoms. The summed E-state index contributed by atoms with van der Waals surface area (Å²) in [5, 5.41) is 11.9. The molecule has 39 heavy (non-hydrogen) atoms. The molecule has 1 N–H and O–H groups in total. The second kappa shape index (κ2) is 11.2. The number of hydrogen-bond acceptors (Lipinski definition) is 3. The first kappa shape index (κ1) is 26.9. The van der Waals surface area contributed by atoms with Gasteiger partial charge in [0.2, 0.25) is 0 Å². The molecule has 0 atom stereocenters. The summed E-state index contributed by atoms with van der Waals surface area (Å²) in [5.74, 6) is -1.10. The van der Waals surface area contributed by atoms with Gasteiger partial charge in [-0.25, -0.2) is 4.79 Å². The van der Waals surface area contributed by atoms with Crippen LogP contribution < -0.4 is 0 Å². The molecule has 5 aromatic rings. The van der Waals surface area contributed by atoms with E-state index in [1.54, 1.807) is 50.1 Å². The number of carbonyl (C=O) groups excluding carboxylic acids is 1. The van der Waals surface area contributed by atoms with Crippen molar-refractivity contribution in [3.63, 3.8) is 0 Å². The van der Waals surface area contributed by atoms with E-state index in [4.69, 9.17) is 23.2 Å². The fourth-order valence-electron chi connectivity index (χ4n) is 4.51. The number of aromatic nitrogens is 1. The zero-order valence-electron chi connectivity index (χ0n) is 21.2. The van der Waals surface area contributed by atoms with Crippen LogP contribution in [0.5, 0.6) is 0 Å². The van der Waals surface area contributed by atoms with E-state index in [1.807, 2.05) is 71.3 Å². The quantitative estimate of drug-likeness (QED) is 0.213. The zero-order chi connectivity index (χ0) is 27.7. The molecule has 0 fully saturated rings. The van der Waals surface area contributed by atoms with Gasteiger partial charge in [-0.05, 0) is 53.6 Å². The molecular weight excluding hydrogens is 551 g/mol. The Kier molecular flexibility index (Phi) is 7.71. The standard InChI is InChI=1S/C31H24Cl2N2O3S/c1-34(2)30(36)21-10-8-19(9-11-21)18-35-26(31(37)38)16-22-12-15-27(39-23-13-14-24(32)25(33)17-23)28(29(22)35)20-6-4-3-5-7-20/h3-17H,18H2,1-2H3,(H,37,38). The van der Waals surface area contributed by atoms with Crippen LogP contribution in [0.15, 0.2) is 101 Å². The van der Waals surface area contributed by atoms with Crippen molar-refractivity contribution in [2.75, 3.05) is 14.1 Å². The van der Waals surface area contributed by atoms with Crippen LogP contribution in [0.4, 0.5) is 0 Å². The summed E-state index contributed by atoms with van der Waals surface area (Å²) in [7, 11) is 3.42. The SMILES string of the molecule is CN(C)C(=O)c1ccc(Cn2c(C(=O)O)cc3ccc(Sc4ccc(Cl)c(Cl)c4)c(-c4ccccc4)c32)cc1. The Labute approximate surface area is 240 Å². The minimum Gasteiger partial charge on any atom is -0.477 e. The molecule has 0 saturated heterocycles. The molecule has 1 amide bonds. The summed E-state index contributed by atoms with van der Waals surface area (Å²) in [6, 6.07) is 28.4. The van der Waals surface area contributed by atoms with Crippen molar-refractivity contribution in [3.05, 3.63) is 118 Å². The van der Waals surface area contributed by atoms with Crippen LogP contribution in [-0.4, -0.2) is 40.5 Å². The Balaban J connectivity index is 1.68. The van der Waals surface area contributed by atoms with Gasteiger partial charge in [-0.2, -0.15) is 0 Å². The highest BCUT2D eigenvalue weighted by Gasteiger charge is 2.21.